The van der Waals surface area contributed by atoms with Crippen molar-refractivity contribution < 1.29 is 9.59 Å². The number of imide groups is 1. The highest BCUT2D eigenvalue weighted by atomic mass is 32.1. The first-order valence-corrected chi connectivity index (χ1v) is 6.99. The molecule has 0 bridgehead atoms. The van der Waals surface area contributed by atoms with Crippen LogP contribution in [-0.2, 0) is 4.79 Å². The molecule has 0 aromatic carbocycles. The molecule has 17 heavy (non-hydrogen) atoms. The van der Waals surface area contributed by atoms with Gasteiger partial charge in [0.05, 0.1) is 5.92 Å². The van der Waals surface area contributed by atoms with E-state index in [4.69, 9.17) is 0 Å². The summed E-state index contributed by atoms with van der Waals surface area (Å²) < 4.78 is 0. The molecule has 2 fully saturated rings. The van der Waals surface area contributed by atoms with Gasteiger partial charge in [-0.25, -0.2) is 4.79 Å². The van der Waals surface area contributed by atoms with Crippen molar-refractivity contribution in [3.8, 4) is 0 Å². The van der Waals surface area contributed by atoms with Gasteiger partial charge in [-0.15, -0.1) is 0 Å². The second-order valence-electron chi connectivity index (χ2n) is 4.92. The van der Waals surface area contributed by atoms with Gasteiger partial charge in [0.15, 0.2) is 0 Å². The molecule has 5 heteroatoms. The van der Waals surface area contributed by atoms with Crippen molar-refractivity contribution in [2.45, 2.75) is 38.1 Å². The molecule has 2 rings (SSSR count). The van der Waals surface area contributed by atoms with Crippen molar-refractivity contribution in [3.63, 3.8) is 0 Å². The first kappa shape index (κ1) is 12.7. The van der Waals surface area contributed by atoms with Gasteiger partial charge < -0.3 is 4.90 Å². The number of nitrogens with zero attached hydrogens (tertiary/aromatic N) is 2. The minimum Gasteiger partial charge on any atom is -0.324 e. The topological polar surface area (TPSA) is 40.6 Å². The zero-order valence-corrected chi connectivity index (χ0v) is 11.2. The van der Waals surface area contributed by atoms with Gasteiger partial charge in [-0.2, -0.15) is 12.6 Å². The minimum atomic E-state index is -0.125. The molecule has 1 saturated heterocycles. The average Bonchev–Trinajstić information content (AvgIpc) is 2.36. The molecule has 1 aliphatic carbocycles. The Labute approximate surface area is 108 Å². The van der Waals surface area contributed by atoms with Gasteiger partial charge in [0.25, 0.3) is 0 Å². The number of amides is 3. The standard InChI is InChI=1S/C12H20N2O2S/c1-13-10-6-3-2-5-9(10)11(15)14(12(13)16)7-4-8-17/h9-10,17H,2-8H2,1H3. The molecule has 1 heterocycles. The molecule has 0 aromatic heterocycles. The molecule has 1 aliphatic heterocycles. The lowest BCUT2D eigenvalue weighted by Gasteiger charge is -2.45. The lowest BCUT2D eigenvalue weighted by molar-refractivity contribution is -0.139. The maximum absolute atomic E-state index is 12.3. The van der Waals surface area contributed by atoms with E-state index in [2.05, 4.69) is 12.6 Å². The van der Waals surface area contributed by atoms with E-state index in [0.717, 1.165) is 32.1 Å². The van der Waals surface area contributed by atoms with Crippen molar-refractivity contribution in [1.82, 2.24) is 9.80 Å². The van der Waals surface area contributed by atoms with E-state index in [0.29, 0.717) is 12.3 Å². The maximum Gasteiger partial charge on any atom is 0.326 e. The fraction of sp³-hybridized carbons (Fsp3) is 0.833. The molecule has 1 saturated carbocycles. The second kappa shape index (κ2) is 5.29. The van der Waals surface area contributed by atoms with E-state index in [1.165, 1.54) is 4.90 Å². The number of urea groups is 1. The summed E-state index contributed by atoms with van der Waals surface area (Å²) in [6.07, 6.45) is 4.90. The number of carbonyl (C=O) groups excluding carboxylic acids is 2. The number of carbonyl (C=O) groups is 2. The maximum atomic E-state index is 12.3. The van der Waals surface area contributed by atoms with Gasteiger partial charge in [0, 0.05) is 19.6 Å². The fourth-order valence-electron chi connectivity index (χ4n) is 2.92. The van der Waals surface area contributed by atoms with Crippen LogP contribution in [0.4, 0.5) is 4.79 Å². The molecular formula is C12H20N2O2S. The van der Waals surface area contributed by atoms with Crippen molar-refractivity contribution in [1.29, 1.82) is 0 Å². The van der Waals surface area contributed by atoms with Crippen LogP contribution >= 0.6 is 12.6 Å². The zero-order chi connectivity index (χ0) is 12.4. The Balaban J connectivity index is 2.14. The molecule has 3 amide bonds. The third-order valence-corrected chi connectivity index (χ3v) is 4.20. The van der Waals surface area contributed by atoms with Crippen LogP contribution in [0.25, 0.3) is 0 Å². The van der Waals surface area contributed by atoms with Crippen LogP contribution in [0.2, 0.25) is 0 Å². The Kier molecular flexibility index (Phi) is 3.97. The van der Waals surface area contributed by atoms with E-state index < -0.39 is 0 Å². The number of hydrogen-bond acceptors (Lipinski definition) is 3. The SMILES string of the molecule is CN1C(=O)N(CCCS)C(=O)C2CCCCC21. The lowest BCUT2D eigenvalue weighted by Crippen LogP contribution is -2.61. The molecule has 2 atom stereocenters. The third kappa shape index (κ3) is 2.30. The fourth-order valence-corrected chi connectivity index (χ4v) is 3.07. The predicted octanol–water partition coefficient (Wildman–Crippen LogP) is 1.76. The van der Waals surface area contributed by atoms with E-state index in [-0.39, 0.29) is 23.9 Å². The summed E-state index contributed by atoms with van der Waals surface area (Å²) in [6.45, 7) is 0.509. The average molecular weight is 256 g/mol. The van der Waals surface area contributed by atoms with Gasteiger partial charge in [-0.05, 0) is 25.0 Å². The Morgan fingerprint density at radius 2 is 2.00 bits per heavy atom. The monoisotopic (exact) mass is 256 g/mol. The summed E-state index contributed by atoms with van der Waals surface area (Å²) in [5.41, 5.74) is 0. The van der Waals surface area contributed by atoms with Gasteiger partial charge >= 0.3 is 6.03 Å². The highest BCUT2D eigenvalue weighted by Crippen LogP contribution is 2.33. The van der Waals surface area contributed by atoms with Crippen molar-refractivity contribution >= 4 is 24.6 Å². The molecule has 2 aliphatic rings. The van der Waals surface area contributed by atoms with Crippen LogP contribution in [0.1, 0.15) is 32.1 Å². The van der Waals surface area contributed by atoms with Gasteiger partial charge in [-0.3, -0.25) is 9.69 Å². The third-order valence-electron chi connectivity index (χ3n) is 3.88. The summed E-state index contributed by atoms with van der Waals surface area (Å²) in [4.78, 5) is 27.6. The molecular weight excluding hydrogens is 236 g/mol. The Hall–Kier alpha value is -0.710. The van der Waals surface area contributed by atoms with Gasteiger partial charge in [0.1, 0.15) is 0 Å². The second-order valence-corrected chi connectivity index (χ2v) is 5.37. The highest BCUT2D eigenvalue weighted by Gasteiger charge is 2.44. The summed E-state index contributed by atoms with van der Waals surface area (Å²) >= 11 is 4.13. The summed E-state index contributed by atoms with van der Waals surface area (Å²) in [5.74, 6) is 0.778. The van der Waals surface area contributed by atoms with E-state index in [9.17, 15) is 9.59 Å². The van der Waals surface area contributed by atoms with Gasteiger partial charge in [0.2, 0.25) is 5.91 Å². The molecule has 0 radical (unpaired) electrons. The Morgan fingerprint density at radius 1 is 1.29 bits per heavy atom. The summed E-state index contributed by atoms with van der Waals surface area (Å²) in [7, 11) is 1.82. The largest absolute Gasteiger partial charge is 0.326 e. The molecule has 2 unspecified atom stereocenters. The number of hydrogen-bond donors (Lipinski definition) is 1. The number of fused-ring (bicyclic) bond motifs is 1. The Bertz CT molecular complexity index is 322. The zero-order valence-electron chi connectivity index (χ0n) is 10.3. The Morgan fingerprint density at radius 3 is 2.71 bits per heavy atom. The number of thiol groups is 1. The minimum absolute atomic E-state index is 0.0337. The molecule has 0 spiro atoms. The summed E-state index contributed by atoms with van der Waals surface area (Å²) in [6, 6.07) is 0.0101. The van der Waals surface area contributed by atoms with Crippen LogP contribution in [0.3, 0.4) is 0 Å². The smallest absolute Gasteiger partial charge is 0.324 e. The van der Waals surface area contributed by atoms with E-state index in [1.807, 2.05) is 7.05 Å². The first-order valence-electron chi connectivity index (χ1n) is 6.36. The van der Waals surface area contributed by atoms with Crippen LogP contribution in [0, 0.1) is 5.92 Å². The highest BCUT2D eigenvalue weighted by molar-refractivity contribution is 7.80. The quantitative estimate of drug-likeness (QED) is 0.782. The normalized spacial score (nSPS) is 29.5. The van der Waals surface area contributed by atoms with Crippen LogP contribution in [0.5, 0.6) is 0 Å². The van der Waals surface area contributed by atoms with Crippen LogP contribution < -0.4 is 0 Å². The molecule has 0 aromatic rings. The predicted molar refractivity (Wildman–Crippen MR) is 69.1 cm³/mol. The van der Waals surface area contributed by atoms with E-state index in [1.54, 1.807) is 4.90 Å². The number of rotatable bonds is 3. The van der Waals surface area contributed by atoms with Gasteiger partial charge in [-0.1, -0.05) is 12.8 Å². The molecule has 4 nitrogen and oxygen atoms in total. The van der Waals surface area contributed by atoms with Crippen molar-refractivity contribution in [2.75, 3.05) is 19.3 Å². The van der Waals surface area contributed by atoms with Crippen molar-refractivity contribution in [3.05, 3.63) is 0 Å². The molecule has 96 valence electrons. The lowest BCUT2D eigenvalue weighted by atomic mass is 9.81. The van der Waals surface area contributed by atoms with E-state index >= 15 is 0 Å². The van der Waals surface area contributed by atoms with Crippen molar-refractivity contribution in [2.24, 2.45) is 5.92 Å². The first-order chi connectivity index (χ1) is 8.16. The van der Waals surface area contributed by atoms with Crippen LogP contribution in [0.15, 0.2) is 0 Å². The van der Waals surface area contributed by atoms with Crippen LogP contribution in [-0.4, -0.2) is 47.1 Å². The summed E-state index contributed by atoms with van der Waals surface area (Å²) in [5, 5.41) is 0. The molecule has 0 N–H and O–H groups in total.